The van der Waals surface area contributed by atoms with Crippen molar-refractivity contribution in [1.29, 1.82) is 0 Å². The van der Waals surface area contributed by atoms with E-state index in [9.17, 15) is 0 Å². The molecule has 0 aliphatic heterocycles. The predicted molar refractivity (Wildman–Crippen MR) is 119 cm³/mol. The standard InChI is InChI=1S/C24H46N2.2HI/c1-7-25(8-2,9-3)22-16-14-13-15-17-23-18-20-24(21-19-23)26(10-4,11-5)12-6;;/h18-21H,7-17,22H2,1-6H3;2*1H/q+2;;/p-2. The number of aryl methyl sites for hydroxylation is 1. The first-order chi connectivity index (χ1) is 12.5. The molecule has 0 bridgehead atoms. The molecular weight excluding hydrogens is 570 g/mol. The molecule has 0 aliphatic carbocycles. The fourth-order valence-corrected chi connectivity index (χ4v) is 4.47. The number of hydrogen-bond donors (Lipinski definition) is 0. The summed E-state index contributed by atoms with van der Waals surface area (Å²) in [7, 11) is 0. The van der Waals surface area contributed by atoms with Gasteiger partial charge >= 0.3 is 0 Å². The Kier molecular flexibility index (Phi) is 17.9. The van der Waals surface area contributed by atoms with Gasteiger partial charge in [0, 0.05) is 0 Å². The normalized spacial score (nSPS) is 11.6. The minimum atomic E-state index is 0. The highest BCUT2D eigenvalue weighted by molar-refractivity contribution is 5.44. The van der Waals surface area contributed by atoms with Crippen molar-refractivity contribution >= 4 is 5.69 Å². The lowest BCUT2D eigenvalue weighted by Crippen LogP contribution is -3.00. The van der Waals surface area contributed by atoms with Gasteiger partial charge in [-0.25, -0.2) is 0 Å². The number of unbranched alkanes of at least 4 members (excludes halogenated alkanes) is 3. The second-order valence-corrected chi connectivity index (χ2v) is 7.94. The summed E-state index contributed by atoms with van der Waals surface area (Å²) in [6.07, 6.45) is 6.72. The maximum absolute atomic E-state index is 2.38. The van der Waals surface area contributed by atoms with Gasteiger partial charge in [-0.05, 0) is 84.9 Å². The van der Waals surface area contributed by atoms with Crippen LogP contribution in [0.5, 0.6) is 0 Å². The zero-order valence-electron chi connectivity index (χ0n) is 19.4. The molecule has 1 aromatic carbocycles. The Bertz CT molecular complexity index is 463. The molecule has 0 aliphatic rings. The van der Waals surface area contributed by atoms with Gasteiger partial charge in [0.15, 0.2) is 0 Å². The van der Waals surface area contributed by atoms with Crippen LogP contribution in [0.4, 0.5) is 5.69 Å². The van der Waals surface area contributed by atoms with Crippen molar-refractivity contribution in [3.05, 3.63) is 29.8 Å². The largest absolute Gasteiger partial charge is 1.00 e. The first-order valence-corrected chi connectivity index (χ1v) is 11.4. The van der Waals surface area contributed by atoms with Gasteiger partial charge in [-0.15, -0.1) is 0 Å². The second kappa shape index (κ2) is 16.3. The van der Waals surface area contributed by atoms with Crippen LogP contribution in [0.2, 0.25) is 0 Å². The van der Waals surface area contributed by atoms with Crippen LogP contribution in [0.25, 0.3) is 0 Å². The lowest BCUT2D eigenvalue weighted by molar-refractivity contribution is -0.923. The van der Waals surface area contributed by atoms with Crippen LogP contribution >= 0.6 is 0 Å². The van der Waals surface area contributed by atoms with E-state index >= 15 is 0 Å². The van der Waals surface area contributed by atoms with Crippen molar-refractivity contribution in [2.75, 3.05) is 45.8 Å². The summed E-state index contributed by atoms with van der Waals surface area (Å²) in [5.41, 5.74) is 2.99. The summed E-state index contributed by atoms with van der Waals surface area (Å²) in [5.74, 6) is 0. The molecule has 166 valence electrons. The van der Waals surface area contributed by atoms with Gasteiger partial charge in [0.05, 0.1) is 45.8 Å². The van der Waals surface area contributed by atoms with Crippen LogP contribution in [0.1, 0.15) is 72.8 Å². The zero-order valence-corrected chi connectivity index (χ0v) is 23.8. The van der Waals surface area contributed by atoms with Crippen LogP contribution in [0.3, 0.4) is 0 Å². The van der Waals surface area contributed by atoms with E-state index in [1.807, 2.05) is 0 Å². The van der Waals surface area contributed by atoms with Crippen molar-refractivity contribution in [3.63, 3.8) is 0 Å². The van der Waals surface area contributed by atoms with E-state index in [2.05, 4.69) is 65.8 Å². The number of nitrogens with zero attached hydrogens (tertiary/aromatic N) is 2. The summed E-state index contributed by atoms with van der Waals surface area (Å²) in [6, 6.07) is 9.50. The van der Waals surface area contributed by atoms with Gasteiger partial charge in [0.25, 0.3) is 0 Å². The average Bonchev–Trinajstić information content (AvgIpc) is 2.71. The minimum absolute atomic E-state index is 0. The van der Waals surface area contributed by atoms with Gasteiger partial charge < -0.3 is 52.4 Å². The molecule has 0 fully saturated rings. The molecule has 1 rings (SSSR count). The smallest absolute Gasteiger partial charge is 0.132 e. The molecule has 0 heterocycles. The summed E-state index contributed by atoms with van der Waals surface area (Å²) in [5, 5.41) is 0. The molecule has 0 radical (unpaired) electrons. The highest BCUT2D eigenvalue weighted by Crippen LogP contribution is 2.24. The molecular formula is C24H46I2N2. The Labute approximate surface area is 210 Å². The van der Waals surface area contributed by atoms with Crippen molar-refractivity contribution < 1.29 is 52.4 Å². The predicted octanol–water partition coefficient (Wildman–Crippen LogP) is 0.0410. The highest BCUT2D eigenvalue weighted by atomic mass is 127. The molecule has 0 amide bonds. The van der Waals surface area contributed by atoms with Crippen LogP contribution < -0.4 is 52.4 Å². The fourth-order valence-electron chi connectivity index (χ4n) is 4.47. The average molecular weight is 616 g/mol. The number of rotatable bonds is 14. The van der Waals surface area contributed by atoms with Crippen molar-refractivity contribution in [2.24, 2.45) is 0 Å². The quantitative estimate of drug-likeness (QED) is 0.158. The van der Waals surface area contributed by atoms with E-state index in [0.29, 0.717) is 0 Å². The molecule has 1 aromatic rings. The van der Waals surface area contributed by atoms with Gasteiger partial charge in [-0.3, -0.25) is 4.48 Å². The summed E-state index contributed by atoms with van der Waals surface area (Å²) in [4.78, 5) is 0. The summed E-state index contributed by atoms with van der Waals surface area (Å²) in [6.45, 7) is 22.7. The SMILES string of the molecule is CC[N+](CC)(CC)CCCCCCc1ccc([N+](CC)(CC)CC)cc1.[I-].[I-]. The lowest BCUT2D eigenvalue weighted by atomic mass is 10.0. The number of hydrogen-bond acceptors (Lipinski definition) is 0. The van der Waals surface area contributed by atoms with Crippen LogP contribution in [0.15, 0.2) is 24.3 Å². The van der Waals surface area contributed by atoms with Gasteiger partial charge in [-0.1, -0.05) is 18.6 Å². The lowest BCUT2D eigenvalue weighted by Gasteiger charge is -2.35. The Hall–Kier alpha value is 0.600. The van der Waals surface area contributed by atoms with E-state index in [4.69, 9.17) is 0 Å². The third-order valence-electron chi connectivity index (χ3n) is 7.16. The molecule has 0 aromatic heterocycles. The van der Waals surface area contributed by atoms with E-state index in [1.165, 1.54) is 93.7 Å². The van der Waals surface area contributed by atoms with Gasteiger partial charge in [-0.2, -0.15) is 0 Å². The molecule has 0 unspecified atom stereocenters. The molecule has 0 saturated carbocycles. The number of quaternary nitrogens is 2. The molecule has 0 spiro atoms. The maximum atomic E-state index is 2.38. The van der Waals surface area contributed by atoms with Gasteiger partial charge in [0.2, 0.25) is 0 Å². The van der Waals surface area contributed by atoms with Crippen molar-refractivity contribution in [3.8, 4) is 0 Å². The Morgan fingerprint density at radius 3 is 1.46 bits per heavy atom. The van der Waals surface area contributed by atoms with E-state index in [0.717, 1.165) is 4.48 Å². The van der Waals surface area contributed by atoms with Crippen LogP contribution in [-0.2, 0) is 6.42 Å². The third-order valence-corrected chi connectivity index (χ3v) is 7.16. The van der Waals surface area contributed by atoms with E-state index in [1.54, 1.807) is 0 Å². The molecule has 2 nitrogen and oxygen atoms in total. The molecule has 4 heteroatoms. The number of halogens is 2. The minimum Gasteiger partial charge on any atom is -1.00 e. The Balaban J connectivity index is 0. The molecule has 0 N–H and O–H groups in total. The first kappa shape index (κ1) is 30.8. The summed E-state index contributed by atoms with van der Waals surface area (Å²) < 4.78 is 2.40. The van der Waals surface area contributed by atoms with Crippen LogP contribution in [-0.4, -0.2) is 50.3 Å². The van der Waals surface area contributed by atoms with E-state index < -0.39 is 0 Å². The topological polar surface area (TPSA) is 0 Å². The molecule has 0 saturated heterocycles. The van der Waals surface area contributed by atoms with Crippen molar-refractivity contribution in [1.82, 2.24) is 4.48 Å². The number of benzene rings is 1. The van der Waals surface area contributed by atoms with Crippen molar-refractivity contribution in [2.45, 2.75) is 73.6 Å². The molecule has 28 heavy (non-hydrogen) atoms. The van der Waals surface area contributed by atoms with Gasteiger partial charge in [0.1, 0.15) is 5.69 Å². The van der Waals surface area contributed by atoms with E-state index in [-0.39, 0.29) is 48.0 Å². The summed E-state index contributed by atoms with van der Waals surface area (Å²) >= 11 is 0. The first-order valence-electron chi connectivity index (χ1n) is 11.4. The maximum Gasteiger partial charge on any atom is 0.132 e. The van der Waals surface area contributed by atoms with Crippen LogP contribution in [0, 0.1) is 0 Å². The highest BCUT2D eigenvalue weighted by Gasteiger charge is 2.23. The third kappa shape index (κ3) is 8.76. The Morgan fingerprint density at radius 2 is 1.04 bits per heavy atom. The Morgan fingerprint density at radius 1 is 0.571 bits per heavy atom. The fraction of sp³-hybridized carbons (Fsp3) is 0.750. The zero-order chi connectivity index (χ0) is 19.5. The monoisotopic (exact) mass is 616 g/mol. The second-order valence-electron chi connectivity index (χ2n) is 7.94. The molecule has 0 atom stereocenters.